The van der Waals surface area contributed by atoms with Crippen LogP contribution < -0.4 is 0 Å². The summed E-state index contributed by atoms with van der Waals surface area (Å²) in [4.78, 5) is 0. The van der Waals surface area contributed by atoms with Gasteiger partial charge in [-0.2, -0.15) is 5.26 Å². The van der Waals surface area contributed by atoms with Gasteiger partial charge in [0.2, 0.25) is 0 Å². The number of nitrogens with zero attached hydrogens (tertiary/aromatic N) is 1. The van der Waals surface area contributed by atoms with Gasteiger partial charge in [-0.15, -0.1) is 0 Å². The highest BCUT2D eigenvalue weighted by atomic mass is 14.3. The third kappa shape index (κ3) is 6.03. The summed E-state index contributed by atoms with van der Waals surface area (Å²) in [6.07, 6.45) is 8.49. The van der Waals surface area contributed by atoms with Crippen molar-refractivity contribution in [3.63, 3.8) is 0 Å². The Labute approximate surface area is 160 Å². The lowest BCUT2D eigenvalue weighted by molar-refractivity contribution is 0.494. The van der Waals surface area contributed by atoms with Crippen molar-refractivity contribution in [3.05, 3.63) is 59.7 Å². The third-order valence-corrected chi connectivity index (χ3v) is 5.41. The first kappa shape index (κ1) is 20.2. The number of aryl methyl sites for hydroxylation is 1. The normalized spacial score (nSPS) is 13.2. The first-order chi connectivity index (χ1) is 12.7. The largest absolute Gasteiger partial charge is 0.198 e. The van der Waals surface area contributed by atoms with E-state index in [1.807, 2.05) is 0 Å². The molecule has 0 radical (unpaired) electrons. The van der Waals surface area contributed by atoms with Gasteiger partial charge in [-0.05, 0) is 47.4 Å². The van der Waals surface area contributed by atoms with Crippen LogP contribution in [0.1, 0.15) is 76.3 Å². The quantitative estimate of drug-likeness (QED) is 0.408. The Balaban J connectivity index is 2.00. The zero-order valence-electron chi connectivity index (χ0n) is 16.7. The van der Waals surface area contributed by atoms with Gasteiger partial charge in [0.05, 0.1) is 12.0 Å². The van der Waals surface area contributed by atoms with E-state index >= 15 is 0 Å². The number of benzene rings is 2. The van der Waals surface area contributed by atoms with E-state index in [1.54, 1.807) is 0 Å². The summed E-state index contributed by atoms with van der Waals surface area (Å²) < 4.78 is 0. The summed E-state index contributed by atoms with van der Waals surface area (Å²) in [6, 6.07) is 20.0. The maximum atomic E-state index is 9.50. The van der Waals surface area contributed by atoms with Gasteiger partial charge in [0.25, 0.3) is 0 Å². The molecule has 0 amide bonds. The molecule has 2 rings (SSSR count). The molecule has 0 spiro atoms. The third-order valence-electron chi connectivity index (χ3n) is 5.41. The molecule has 138 valence electrons. The molecule has 0 bridgehead atoms. The molecule has 0 aliphatic heterocycles. The first-order valence-corrected chi connectivity index (χ1v) is 10.3. The van der Waals surface area contributed by atoms with Gasteiger partial charge < -0.3 is 0 Å². The maximum Gasteiger partial charge on any atom is 0.0715 e. The van der Waals surface area contributed by atoms with Gasteiger partial charge in [0, 0.05) is 0 Å². The minimum Gasteiger partial charge on any atom is -0.198 e. The van der Waals surface area contributed by atoms with E-state index < -0.39 is 0 Å². The summed E-state index contributed by atoms with van der Waals surface area (Å²) in [7, 11) is 0. The van der Waals surface area contributed by atoms with Crippen molar-refractivity contribution in [3.8, 4) is 17.2 Å². The lowest BCUT2D eigenvalue weighted by atomic mass is 9.88. The van der Waals surface area contributed by atoms with E-state index in [0.29, 0.717) is 5.92 Å². The predicted molar refractivity (Wildman–Crippen MR) is 112 cm³/mol. The van der Waals surface area contributed by atoms with E-state index in [0.717, 1.165) is 18.4 Å². The number of hydrogen-bond acceptors (Lipinski definition) is 1. The summed E-state index contributed by atoms with van der Waals surface area (Å²) in [5, 5.41) is 9.50. The van der Waals surface area contributed by atoms with Crippen LogP contribution in [0.4, 0.5) is 0 Å². The molecule has 0 heterocycles. The Morgan fingerprint density at radius 2 is 1.46 bits per heavy atom. The van der Waals surface area contributed by atoms with Gasteiger partial charge in [-0.1, -0.05) is 95.0 Å². The van der Waals surface area contributed by atoms with Gasteiger partial charge in [-0.25, -0.2) is 0 Å². The van der Waals surface area contributed by atoms with E-state index in [4.69, 9.17) is 0 Å². The average Bonchev–Trinajstić information content (AvgIpc) is 2.70. The van der Waals surface area contributed by atoms with E-state index in [2.05, 4.69) is 75.4 Å². The smallest absolute Gasteiger partial charge is 0.0715 e. The molecule has 0 saturated carbocycles. The maximum absolute atomic E-state index is 9.50. The highest BCUT2D eigenvalue weighted by molar-refractivity contribution is 5.64. The molecule has 26 heavy (non-hydrogen) atoms. The Morgan fingerprint density at radius 1 is 0.846 bits per heavy atom. The van der Waals surface area contributed by atoms with E-state index in [9.17, 15) is 5.26 Å². The number of unbranched alkanes of at least 4 members (excludes halogenated alkanes) is 3. The summed E-state index contributed by atoms with van der Waals surface area (Å²) in [5.74, 6) is 0.591. The van der Waals surface area contributed by atoms with Crippen LogP contribution in [0.15, 0.2) is 48.5 Å². The van der Waals surface area contributed by atoms with E-state index in [-0.39, 0.29) is 5.92 Å². The van der Waals surface area contributed by atoms with Crippen LogP contribution in [0.3, 0.4) is 0 Å². The zero-order chi connectivity index (χ0) is 18.8. The summed E-state index contributed by atoms with van der Waals surface area (Å²) in [5.41, 5.74) is 5.06. The first-order valence-electron chi connectivity index (χ1n) is 10.3. The van der Waals surface area contributed by atoms with Crippen molar-refractivity contribution in [2.75, 3.05) is 0 Å². The molecule has 1 nitrogen and oxygen atoms in total. The summed E-state index contributed by atoms with van der Waals surface area (Å²) in [6.45, 7) is 6.67. The Kier molecular flexibility index (Phi) is 8.42. The lowest BCUT2D eigenvalue weighted by Crippen LogP contribution is -2.02. The highest BCUT2D eigenvalue weighted by Crippen LogP contribution is 2.27. The molecule has 2 atom stereocenters. The minimum atomic E-state index is 0.00416. The van der Waals surface area contributed by atoms with Crippen molar-refractivity contribution in [1.82, 2.24) is 0 Å². The van der Waals surface area contributed by atoms with Gasteiger partial charge >= 0.3 is 0 Å². The molecule has 0 saturated heterocycles. The molecule has 0 aliphatic carbocycles. The van der Waals surface area contributed by atoms with Crippen LogP contribution in [0.2, 0.25) is 0 Å². The fourth-order valence-corrected chi connectivity index (χ4v) is 3.36. The fraction of sp³-hybridized carbons (Fsp3) is 0.480. The topological polar surface area (TPSA) is 23.8 Å². The van der Waals surface area contributed by atoms with Crippen molar-refractivity contribution < 1.29 is 0 Å². The van der Waals surface area contributed by atoms with E-state index in [1.165, 1.54) is 48.8 Å². The second-order valence-electron chi connectivity index (χ2n) is 7.56. The van der Waals surface area contributed by atoms with Crippen LogP contribution >= 0.6 is 0 Å². The molecule has 2 aromatic carbocycles. The molecular weight excluding hydrogens is 314 g/mol. The van der Waals surface area contributed by atoms with Gasteiger partial charge in [0.15, 0.2) is 0 Å². The van der Waals surface area contributed by atoms with Crippen LogP contribution in [-0.2, 0) is 6.42 Å². The van der Waals surface area contributed by atoms with Gasteiger partial charge in [-0.3, -0.25) is 0 Å². The number of nitriles is 1. The molecule has 0 aromatic heterocycles. The Hall–Kier alpha value is -2.07. The molecule has 0 N–H and O–H groups in total. The molecule has 0 aliphatic rings. The van der Waals surface area contributed by atoms with Crippen LogP contribution in [0, 0.1) is 17.2 Å². The van der Waals surface area contributed by atoms with Gasteiger partial charge in [0.1, 0.15) is 0 Å². The van der Waals surface area contributed by atoms with Crippen molar-refractivity contribution in [2.45, 2.75) is 71.6 Å². The van der Waals surface area contributed by atoms with Crippen molar-refractivity contribution in [1.29, 1.82) is 5.26 Å². The molecular formula is C25H33N. The second-order valence-corrected chi connectivity index (χ2v) is 7.56. The zero-order valence-corrected chi connectivity index (χ0v) is 16.7. The lowest BCUT2D eigenvalue weighted by Gasteiger charge is -2.14. The van der Waals surface area contributed by atoms with Crippen LogP contribution in [-0.4, -0.2) is 0 Å². The standard InChI is InChI=1S/C25H33N/c1-4-6-7-8-9-21-10-12-22(13-11-21)23-14-16-24(17-15-23)25(19-26)18-20(3)5-2/h10-17,20,25H,4-9,18H2,1-3H3. The van der Waals surface area contributed by atoms with Crippen LogP contribution in [0.5, 0.6) is 0 Å². The Morgan fingerprint density at radius 3 is 2.00 bits per heavy atom. The predicted octanol–water partition coefficient (Wildman–Crippen LogP) is 7.52. The SMILES string of the molecule is CCCCCCc1ccc(-c2ccc(C(C#N)CC(C)CC)cc2)cc1. The number of rotatable bonds is 10. The summed E-state index contributed by atoms with van der Waals surface area (Å²) >= 11 is 0. The number of hydrogen-bond donors (Lipinski definition) is 0. The highest BCUT2D eigenvalue weighted by Gasteiger charge is 2.14. The van der Waals surface area contributed by atoms with Crippen molar-refractivity contribution in [2.24, 2.45) is 5.92 Å². The molecule has 0 fully saturated rings. The average molecular weight is 348 g/mol. The monoisotopic (exact) mass is 347 g/mol. The van der Waals surface area contributed by atoms with Crippen LogP contribution in [0.25, 0.3) is 11.1 Å². The Bertz CT molecular complexity index is 676. The molecule has 2 unspecified atom stereocenters. The molecule has 2 aromatic rings. The van der Waals surface area contributed by atoms with Crippen molar-refractivity contribution >= 4 is 0 Å². The molecule has 1 heteroatoms. The fourth-order valence-electron chi connectivity index (χ4n) is 3.36. The minimum absolute atomic E-state index is 0.00416. The second kappa shape index (κ2) is 10.8.